The van der Waals surface area contributed by atoms with Gasteiger partial charge in [0.25, 0.3) is 5.89 Å². The monoisotopic (exact) mass is 384 g/mol. The van der Waals surface area contributed by atoms with Crippen LogP contribution in [0.3, 0.4) is 0 Å². The first-order valence-electron chi connectivity index (χ1n) is 9.60. The van der Waals surface area contributed by atoms with Crippen molar-refractivity contribution in [2.24, 2.45) is 0 Å². The van der Waals surface area contributed by atoms with E-state index < -0.39 is 0 Å². The molecule has 0 aliphatic heterocycles. The lowest BCUT2D eigenvalue weighted by molar-refractivity contribution is 0.273. The molecule has 2 N–H and O–H groups in total. The van der Waals surface area contributed by atoms with Crippen molar-refractivity contribution in [1.82, 2.24) is 25.1 Å². The topological polar surface area (TPSA) is 104 Å². The van der Waals surface area contributed by atoms with E-state index in [1.807, 2.05) is 19.1 Å². The SMILES string of the molecule is Cc1ncccc1-c1nc(C2(c3ccc(-c4cnc(N)nc4)cc3)CCC2)no1. The highest BCUT2D eigenvalue weighted by atomic mass is 16.5. The molecule has 0 atom stereocenters. The summed E-state index contributed by atoms with van der Waals surface area (Å²) in [7, 11) is 0. The summed E-state index contributed by atoms with van der Waals surface area (Å²) < 4.78 is 5.61. The standard InChI is InChI=1S/C22H20N6O/c1-14-18(4-2-11-24-14)19-27-20(28-29-19)22(9-3-10-22)17-7-5-15(6-8-17)16-12-25-21(23)26-13-16/h2,4-8,11-13H,3,9-10H2,1H3,(H2,23,25,26). The molecule has 4 aromatic rings. The van der Waals surface area contributed by atoms with Crippen LogP contribution in [0.5, 0.6) is 0 Å². The Balaban J connectivity index is 1.48. The van der Waals surface area contributed by atoms with Crippen molar-refractivity contribution in [2.75, 3.05) is 5.73 Å². The van der Waals surface area contributed by atoms with Crippen LogP contribution in [0.15, 0.2) is 59.5 Å². The number of aryl methyl sites for hydroxylation is 1. The zero-order valence-electron chi connectivity index (χ0n) is 16.0. The smallest absolute Gasteiger partial charge is 0.259 e. The van der Waals surface area contributed by atoms with Crippen molar-refractivity contribution >= 4 is 5.95 Å². The molecule has 0 unspecified atom stereocenters. The van der Waals surface area contributed by atoms with Crippen LogP contribution in [0, 0.1) is 6.92 Å². The summed E-state index contributed by atoms with van der Waals surface area (Å²) in [5.74, 6) is 1.54. The molecule has 1 saturated carbocycles. The Morgan fingerprint density at radius 2 is 1.72 bits per heavy atom. The molecule has 0 bridgehead atoms. The highest BCUT2D eigenvalue weighted by molar-refractivity contribution is 5.63. The van der Waals surface area contributed by atoms with Crippen molar-refractivity contribution in [2.45, 2.75) is 31.6 Å². The summed E-state index contributed by atoms with van der Waals surface area (Å²) in [6, 6.07) is 12.3. The molecule has 0 saturated heterocycles. The van der Waals surface area contributed by atoms with E-state index in [-0.39, 0.29) is 11.4 Å². The van der Waals surface area contributed by atoms with Crippen LogP contribution in [0.1, 0.15) is 36.3 Å². The fourth-order valence-corrected chi connectivity index (χ4v) is 3.88. The van der Waals surface area contributed by atoms with E-state index in [2.05, 4.69) is 44.4 Å². The van der Waals surface area contributed by atoms with Gasteiger partial charge in [-0.2, -0.15) is 4.98 Å². The van der Waals surface area contributed by atoms with Gasteiger partial charge in [-0.05, 0) is 43.0 Å². The van der Waals surface area contributed by atoms with Crippen LogP contribution < -0.4 is 5.73 Å². The zero-order valence-corrected chi connectivity index (χ0v) is 16.0. The molecule has 3 heterocycles. The van der Waals surface area contributed by atoms with Gasteiger partial charge in [-0.15, -0.1) is 0 Å². The average molecular weight is 384 g/mol. The second-order valence-corrected chi connectivity index (χ2v) is 7.40. The highest BCUT2D eigenvalue weighted by Gasteiger charge is 2.44. The Labute approximate surface area is 168 Å². The summed E-state index contributed by atoms with van der Waals surface area (Å²) in [4.78, 5) is 17.2. The molecular weight excluding hydrogens is 364 g/mol. The van der Waals surface area contributed by atoms with Crippen LogP contribution in [0.2, 0.25) is 0 Å². The summed E-state index contributed by atoms with van der Waals surface area (Å²) in [5, 5.41) is 4.35. The molecule has 29 heavy (non-hydrogen) atoms. The molecule has 0 amide bonds. The summed E-state index contributed by atoms with van der Waals surface area (Å²) in [5.41, 5.74) is 10.3. The molecule has 144 valence electrons. The Bertz CT molecular complexity index is 1150. The molecule has 1 aliphatic carbocycles. The van der Waals surface area contributed by atoms with Gasteiger partial charge in [-0.1, -0.05) is 35.8 Å². The molecule has 1 aliphatic rings. The first-order chi connectivity index (χ1) is 14.2. The van der Waals surface area contributed by atoms with Gasteiger partial charge < -0.3 is 10.3 Å². The summed E-state index contributed by atoms with van der Waals surface area (Å²) >= 11 is 0. The maximum Gasteiger partial charge on any atom is 0.259 e. The van der Waals surface area contributed by atoms with E-state index in [4.69, 9.17) is 15.2 Å². The predicted octanol–water partition coefficient (Wildman–Crippen LogP) is 3.95. The molecule has 3 aromatic heterocycles. The van der Waals surface area contributed by atoms with Crippen LogP contribution in [-0.4, -0.2) is 25.1 Å². The maximum absolute atomic E-state index is 5.61. The lowest BCUT2D eigenvalue weighted by Gasteiger charge is -2.39. The van der Waals surface area contributed by atoms with Crippen LogP contribution in [0.25, 0.3) is 22.6 Å². The number of hydrogen-bond acceptors (Lipinski definition) is 7. The van der Waals surface area contributed by atoms with Crippen molar-refractivity contribution in [3.05, 3.63) is 72.1 Å². The van der Waals surface area contributed by atoms with Gasteiger partial charge in [0.15, 0.2) is 5.82 Å². The minimum Gasteiger partial charge on any atom is -0.368 e. The van der Waals surface area contributed by atoms with Crippen molar-refractivity contribution in [1.29, 1.82) is 0 Å². The molecule has 7 nitrogen and oxygen atoms in total. The number of nitrogens with two attached hydrogens (primary N) is 1. The highest BCUT2D eigenvalue weighted by Crippen LogP contribution is 2.48. The summed E-state index contributed by atoms with van der Waals surface area (Å²) in [6.07, 6.45) is 8.38. The third-order valence-electron chi connectivity index (χ3n) is 5.74. The zero-order chi connectivity index (χ0) is 19.8. The van der Waals surface area contributed by atoms with Gasteiger partial charge in [-0.3, -0.25) is 4.98 Å². The number of nitrogen functional groups attached to an aromatic ring is 1. The first-order valence-corrected chi connectivity index (χ1v) is 9.60. The van der Waals surface area contributed by atoms with E-state index in [0.717, 1.165) is 47.5 Å². The van der Waals surface area contributed by atoms with E-state index >= 15 is 0 Å². The number of aromatic nitrogens is 5. The van der Waals surface area contributed by atoms with Crippen molar-refractivity contribution < 1.29 is 4.52 Å². The van der Waals surface area contributed by atoms with Gasteiger partial charge in [0.05, 0.1) is 11.0 Å². The molecule has 0 radical (unpaired) electrons. The number of nitrogens with zero attached hydrogens (tertiary/aromatic N) is 5. The molecule has 1 fully saturated rings. The Hall–Kier alpha value is -3.61. The van der Waals surface area contributed by atoms with E-state index in [1.165, 1.54) is 5.56 Å². The fraction of sp³-hybridized carbons (Fsp3) is 0.227. The Kier molecular flexibility index (Phi) is 4.08. The van der Waals surface area contributed by atoms with Crippen LogP contribution >= 0.6 is 0 Å². The molecule has 0 spiro atoms. The minimum atomic E-state index is -0.200. The van der Waals surface area contributed by atoms with Gasteiger partial charge in [0, 0.05) is 29.8 Å². The number of pyridine rings is 1. The Morgan fingerprint density at radius 3 is 2.38 bits per heavy atom. The normalized spacial score (nSPS) is 15.1. The summed E-state index contributed by atoms with van der Waals surface area (Å²) in [6.45, 7) is 1.94. The molecule has 7 heteroatoms. The van der Waals surface area contributed by atoms with Crippen molar-refractivity contribution in [3.63, 3.8) is 0 Å². The van der Waals surface area contributed by atoms with Crippen LogP contribution in [0.4, 0.5) is 5.95 Å². The number of hydrogen-bond donors (Lipinski definition) is 1. The lowest BCUT2D eigenvalue weighted by Crippen LogP contribution is -2.36. The number of rotatable bonds is 4. The minimum absolute atomic E-state index is 0.200. The van der Waals surface area contributed by atoms with Gasteiger partial charge >= 0.3 is 0 Å². The third-order valence-corrected chi connectivity index (χ3v) is 5.74. The average Bonchev–Trinajstić information content (AvgIpc) is 3.19. The second-order valence-electron chi connectivity index (χ2n) is 7.40. The third kappa shape index (κ3) is 2.95. The lowest BCUT2D eigenvalue weighted by atomic mass is 9.64. The fourth-order valence-electron chi connectivity index (χ4n) is 3.88. The number of anilines is 1. The first kappa shape index (κ1) is 17.5. The van der Waals surface area contributed by atoms with E-state index in [9.17, 15) is 0 Å². The van der Waals surface area contributed by atoms with Gasteiger partial charge in [-0.25, -0.2) is 9.97 Å². The molecular formula is C22H20N6O. The molecule has 5 rings (SSSR count). The molecule has 1 aromatic carbocycles. The van der Waals surface area contributed by atoms with Crippen molar-refractivity contribution in [3.8, 4) is 22.6 Å². The van der Waals surface area contributed by atoms with E-state index in [1.54, 1.807) is 18.6 Å². The largest absolute Gasteiger partial charge is 0.368 e. The number of benzene rings is 1. The predicted molar refractivity (Wildman–Crippen MR) is 109 cm³/mol. The van der Waals surface area contributed by atoms with Gasteiger partial charge in [0.2, 0.25) is 5.95 Å². The second kappa shape index (κ2) is 6.77. The van der Waals surface area contributed by atoms with E-state index in [0.29, 0.717) is 5.89 Å². The van der Waals surface area contributed by atoms with Crippen LogP contribution in [-0.2, 0) is 5.41 Å². The van der Waals surface area contributed by atoms with Gasteiger partial charge in [0.1, 0.15) is 0 Å². The quantitative estimate of drug-likeness (QED) is 0.568. The maximum atomic E-state index is 5.61. The Morgan fingerprint density at radius 1 is 0.966 bits per heavy atom.